The minimum Gasteiger partial charge on any atom is -0.481 e. The van der Waals surface area contributed by atoms with E-state index in [9.17, 15) is 13.2 Å². The van der Waals surface area contributed by atoms with Crippen LogP contribution in [0.2, 0.25) is 0 Å². The second kappa shape index (κ2) is 5.18. The molecular weight excluding hydrogens is 243 g/mol. The number of benzene rings is 1. The maximum Gasteiger partial charge on any atom is 0.425 e. The van der Waals surface area contributed by atoms with Crippen LogP contribution in [0.5, 0.6) is 5.75 Å². The molecule has 0 amide bonds. The Bertz CT molecular complexity index is 417. The lowest BCUT2D eigenvalue weighted by atomic mass is 10.0. The van der Waals surface area contributed by atoms with Gasteiger partial charge in [-0.05, 0) is 49.6 Å². The second-order valence-electron chi connectivity index (χ2n) is 4.51. The highest BCUT2D eigenvalue weighted by Gasteiger charge is 2.38. The zero-order valence-corrected chi connectivity index (χ0v) is 10.2. The van der Waals surface area contributed by atoms with Crippen LogP contribution >= 0.6 is 0 Å². The lowest BCUT2D eigenvalue weighted by molar-refractivity contribution is -0.189. The third-order valence-electron chi connectivity index (χ3n) is 3.07. The number of hydrogen-bond acceptors (Lipinski definition) is 2. The molecule has 1 unspecified atom stereocenters. The van der Waals surface area contributed by atoms with Gasteiger partial charge in [0.25, 0.3) is 0 Å². The van der Waals surface area contributed by atoms with E-state index in [-0.39, 0.29) is 0 Å². The predicted octanol–water partition coefficient (Wildman–Crippen LogP) is 3.05. The molecule has 1 aliphatic rings. The third-order valence-corrected chi connectivity index (χ3v) is 3.07. The third kappa shape index (κ3) is 3.16. The van der Waals surface area contributed by atoms with Crippen LogP contribution in [0.4, 0.5) is 13.2 Å². The Balaban J connectivity index is 2.13. The quantitative estimate of drug-likeness (QED) is 0.881. The highest BCUT2D eigenvalue weighted by molar-refractivity contribution is 5.36. The summed E-state index contributed by atoms with van der Waals surface area (Å²) >= 11 is 0. The normalized spacial score (nSPS) is 17.8. The summed E-state index contributed by atoms with van der Waals surface area (Å²) in [7, 11) is 0. The first-order valence-corrected chi connectivity index (χ1v) is 6.03. The van der Waals surface area contributed by atoms with Gasteiger partial charge in [0.2, 0.25) is 0 Å². The van der Waals surface area contributed by atoms with Crippen molar-refractivity contribution in [2.75, 3.05) is 6.54 Å². The molecule has 18 heavy (non-hydrogen) atoms. The zero-order chi connectivity index (χ0) is 13.2. The Morgan fingerprint density at radius 1 is 1.28 bits per heavy atom. The van der Waals surface area contributed by atoms with Gasteiger partial charge in [0.15, 0.2) is 6.10 Å². The summed E-state index contributed by atoms with van der Waals surface area (Å²) in [6, 6.07) is 5.17. The number of halogens is 3. The van der Waals surface area contributed by atoms with Crippen molar-refractivity contribution in [3.63, 3.8) is 0 Å². The molecule has 1 atom stereocenters. The minimum atomic E-state index is -4.33. The molecule has 0 aliphatic carbocycles. The van der Waals surface area contributed by atoms with Gasteiger partial charge >= 0.3 is 6.18 Å². The molecule has 2 nitrogen and oxygen atoms in total. The van der Waals surface area contributed by atoms with Gasteiger partial charge in [-0.2, -0.15) is 13.2 Å². The molecule has 1 aliphatic heterocycles. The van der Waals surface area contributed by atoms with Crippen LogP contribution in [0.3, 0.4) is 0 Å². The van der Waals surface area contributed by atoms with Crippen LogP contribution < -0.4 is 10.1 Å². The van der Waals surface area contributed by atoms with Crippen molar-refractivity contribution in [3.05, 3.63) is 29.3 Å². The van der Waals surface area contributed by atoms with Crippen molar-refractivity contribution in [1.29, 1.82) is 0 Å². The standard InChI is InChI=1S/C13H16F3NO/c1-9(13(14,15)16)18-12-5-4-11-8-17-6-2-3-10(11)7-12/h4-5,7,9,17H,2-3,6,8H2,1H3. The Kier molecular flexibility index (Phi) is 3.80. The zero-order valence-electron chi connectivity index (χ0n) is 10.2. The predicted molar refractivity (Wildman–Crippen MR) is 62.6 cm³/mol. The summed E-state index contributed by atoms with van der Waals surface area (Å²) in [5.41, 5.74) is 2.21. The van der Waals surface area contributed by atoms with Gasteiger partial charge in [0, 0.05) is 6.54 Å². The van der Waals surface area contributed by atoms with Crippen LogP contribution in [0, 0.1) is 0 Å². The SMILES string of the molecule is CC(Oc1ccc2c(c1)CCCNC2)C(F)(F)F. The van der Waals surface area contributed by atoms with Gasteiger partial charge in [0.05, 0.1) is 0 Å². The molecule has 0 saturated heterocycles. The molecule has 0 bridgehead atoms. The lowest BCUT2D eigenvalue weighted by Gasteiger charge is -2.18. The molecular formula is C13H16F3NO. The van der Waals surface area contributed by atoms with Crippen molar-refractivity contribution in [2.24, 2.45) is 0 Å². The fourth-order valence-corrected chi connectivity index (χ4v) is 1.98. The van der Waals surface area contributed by atoms with Crippen molar-refractivity contribution in [1.82, 2.24) is 5.32 Å². The fourth-order valence-electron chi connectivity index (χ4n) is 1.98. The number of fused-ring (bicyclic) bond motifs is 1. The molecule has 1 heterocycles. The van der Waals surface area contributed by atoms with E-state index in [4.69, 9.17) is 4.74 Å². The summed E-state index contributed by atoms with van der Waals surface area (Å²) in [6.07, 6.45) is -4.24. The first kappa shape index (κ1) is 13.2. The van der Waals surface area contributed by atoms with E-state index in [1.807, 2.05) is 6.07 Å². The smallest absolute Gasteiger partial charge is 0.425 e. The van der Waals surface area contributed by atoms with E-state index >= 15 is 0 Å². The van der Waals surface area contributed by atoms with Gasteiger partial charge in [-0.1, -0.05) is 6.07 Å². The highest BCUT2D eigenvalue weighted by Crippen LogP contribution is 2.27. The summed E-state index contributed by atoms with van der Waals surface area (Å²) in [6.45, 7) is 2.72. The molecule has 0 radical (unpaired) electrons. The van der Waals surface area contributed by atoms with Crippen molar-refractivity contribution < 1.29 is 17.9 Å². The Hall–Kier alpha value is -1.23. The molecule has 0 aromatic heterocycles. The number of nitrogens with one attached hydrogen (secondary N) is 1. The number of ether oxygens (including phenoxy) is 1. The second-order valence-corrected chi connectivity index (χ2v) is 4.51. The number of alkyl halides is 3. The van der Waals surface area contributed by atoms with Gasteiger partial charge in [0.1, 0.15) is 5.75 Å². The Labute approximate surface area is 104 Å². The Morgan fingerprint density at radius 2 is 2.06 bits per heavy atom. The van der Waals surface area contributed by atoms with E-state index in [1.54, 1.807) is 12.1 Å². The first-order valence-electron chi connectivity index (χ1n) is 6.03. The van der Waals surface area contributed by atoms with Gasteiger partial charge < -0.3 is 10.1 Å². The molecule has 0 fully saturated rings. The number of aryl methyl sites for hydroxylation is 1. The van der Waals surface area contributed by atoms with Gasteiger partial charge in [-0.15, -0.1) is 0 Å². The van der Waals surface area contributed by atoms with Crippen LogP contribution in [-0.4, -0.2) is 18.8 Å². The molecule has 1 N–H and O–H groups in total. The lowest BCUT2D eigenvalue weighted by Crippen LogP contribution is -2.31. The monoisotopic (exact) mass is 259 g/mol. The topological polar surface area (TPSA) is 21.3 Å². The molecule has 5 heteroatoms. The average molecular weight is 259 g/mol. The Morgan fingerprint density at radius 3 is 2.78 bits per heavy atom. The first-order chi connectivity index (χ1) is 8.47. The fraction of sp³-hybridized carbons (Fsp3) is 0.538. The van der Waals surface area contributed by atoms with E-state index in [0.717, 1.165) is 44.0 Å². The maximum atomic E-state index is 12.4. The van der Waals surface area contributed by atoms with Crippen LogP contribution in [-0.2, 0) is 13.0 Å². The van der Waals surface area contributed by atoms with Crippen molar-refractivity contribution in [2.45, 2.75) is 38.6 Å². The molecule has 0 spiro atoms. The van der Waals surface area contributed by atoms with E-state index < -0.39 is 12.3 Å². The molecule has 1 aromatic carbocycles. The van der Waals surface area contributed by atoms with Crippen molar-refractivity contribution in [3.8, 4) is 5.75 Å². The molecule has 100 valence electrons. The number of hydrogen-bond donors (Lipinski definition) is 1. The summed E-state index contributed by atoms with van der Waals surface area (Å²) in [4.78, 5) is 0. The van der Waals surface area contributed by atoms with Crippen LogP contribution in [0.1, 0.15) is 24.5 Å². The molecule has 2 rings (SSSR count). The van der Waals surface area contributed by atoms with E-state index in [1.165, 1.54) is 0 Å². The number of rotatable bonds is 2. The van der Waals surface area contributed by atoms with Crippen molar-refractivity contribution >= 4 is 0 Å². The molecule has 1 aromatic rings. The summed E-state index contributed by atoms with van der Waals surface area (Å²) in [5.74, 6) is 0.292. The van der Waals surface area contributed by atoms with E-state index in [0.29, 0.717) is 5.75 Å². The summed E-state index contributed by atoms with van der Waals surface area (Å²) < 4.78 is 42.2. The summed E-state index contributed by atoms with van der Waals surface area (Å²) in [5, 5.41) is 3.27. The van der Waals surface area contributed by atoms with Gasteiger partial charge in [-0.3, -0.25) is 0 Å². The average Bonchev–Trinajstić information content (AvgIpc) is 2.52. The van der Waals surface area contributed by atoms with Gasteiger partial charge in [-0.25, -0.2) is 0 Å². The minimum absolute atomic E-state index is 0.292. The van der Waals surface area contributed by atoms with Crippen LogP contribution in [0.25, 0.3) is 0 Å². The maximum absolute atomic E-state index is 12.4. The van der Waals surface area contributed by atoms with Crippen LogP contribution in [0.15, 0.2) is 18.2 Å². The highest BCUT2D eigenvalue weighted by atomic mass is 19.4. The molecule has 0 saturated carbocycles. The van der Waals surface area contributed by atoms with E-state index in [2.05, 4.69) is 5.32 Å². The largest absolute Gasteiger partial charge is 0.481 e.